The number of aromatic hydroxyl groups is 2. The predicted octanol–water partition coefficient (Wildman–Crippen LogP) is 4.54. The van der Waals surface area contributed by atoms with Gasteiger partial charge in [0.15, 0.2) is 5.58 Å². The number of aliphatic hydroxyl groups excluding tert-OH is 1. The van der Waals surface area contributed by atoms with Gasteiger partial charge >= 0.3 is 5.63 Å². The fourth-order valence-corrected chi connectivity index (χ4v) is 3.95. The van der Waals surface area contributed by atoms with Crippen LogP contribution in [0, 0.1) is 0 Å². The number of benzene rings is 2. The molecule has 33 heavy (non-hydrogen) atoms. The summed E-state index contributed by atoms with van der Waals surface area (Å²) >= 11 is 0. The monoisotopic (exact) mass is 450 g/mol. The minimum Gasteiger partial charge on any atom is -0.508 e. The molecule has 1 aliphatic heterocycles. The van der Waals surface area contributed by atoms with Gasteiger partial charge in [0.2, 0.25) is 0 Å². The Morgan fingerprint density at radius 1 is 1.21 bits per heavy atom. The Morgan fingerprint density at radius 3 is 2.48 bits per heavy atom. The number of hydrogen-bond donors (Lipinski definition) is 3. The van der Waals surface area contributed by atoms with Crippen molar-refractivity contribution >= 4 is 17.0 Å². The maximum absolute atomic E-state index is 13.0. The Balaban J connectivity index is 2.12. The van der Waals surface area contributed by atoms with Crippen LogP contribution in [-0.2, 0) is 6.42 Å². The minimum atomic E-state index is -0.882. The molecule has 1 aromatic heterocycles. The fourth-order valence-electron chi connectivity index (χ4n) is 3.95. The molecule has 3 aromatic rings. The van der Waals surface area contributed by atoms with Crippen LogP contribution in [-0.4, -0.2) is 34.1 Å². The van der Waals surface area contributed by atoms with Gasteiger partial charge in [-0.05, 0) is 50.6 Å². The molecule has 0 aliphatic carbocycles. The molecular weight excluding hydrogens is 424 g/mol. The fraction of sp³-hybridized carbons (Fsp3) is 0.269. The number of methoxy groups -OCH3 is 1. The summed E-state index contributed by atoms with van der Waals surface area (Å²) < 4.78 is 17.6. The molecule has 0 bridgehead atoms. The van der Waals surface area contributed by atoms with Gasteiger partial charge in [0.1, 0.15) is 39.5 Å². The van der Waals surface area contributed by atoms with Crippen molar-refractivity contribution in [2.75, 3.05) is 7.11 Å². The first kappa shape index (κ1) is 22.5. The minimum absolute atomic E-state index is 0.0241. The first-order valence-corrected chi connectivity index (χ1v) is 10.5. The number of phenols is 1. The van der Waals surface area contributed by atoms with E-state index < -0.39 is 17.3 Å². The molecule has 1 aliphatic rings. The van der Waals surface area contributed by atoms with E-state index in [0.717, 1.165) is 0 Å². The topological polar surface area (TPSA) is 109 Å². The van der Waals surface area contributed by atoms with Crippen LogP contribution in [0.1, 0.15) is 31.9 Å². The normalized spacial score (nSPS) is 15.1. The quantitative estimate of drug-likeness (QED) is 0.387. The van der Waals surface area contributed by atoms with E-state index in [1.54, 1.807) is 13.0 Å². The third-order valence-electron chi connectivity index (χ3n) is 5.71. The lowest BCUT2D eigenvalue weighted by molar-refractivity contribution is 0.153. The summed E-state index contributed by atoms with van der Waals surface area (Å²) in [5.74, 6) is 0.343. The van der Waals surface area contributed by atoms with Crippen molar-refractivity contribution in [3.63, 3.8) is 0 Å². The van der Waals surface area contributed by atoms with E-state index in [0.29, 0.717) is 28.0 Å². The Kier molecular flexibility index (Phi) is 5.46. The summed E-state index contributed by atoms with van der Waals surface area (Å²) in [5, 5.41) is 31.7. The molecule has 2 aromatic carbocycles. The van der Waals surface area contributed by atoms with Crippen LogP contribution in [0.3, 0.4) is 0 Å². The average molecular weight is 450 g/mol. The maximum atomic E-state index is 13.0. The molecule has 7 heteroatoms. The van der Waals surface area contributed by atoms with Gasteiger partial charge in [0, 0.05) is 12.0 Å². The third-order valence-corrected chi connectivity index (χ3v) is 5.71. The van der Waals surface area contributed by atoms with Crippen molar-refractivity contribution < 1.29 is 29.2 Å². The van der Waals surface area contributed by atoms with Gasteiger partial charge in [-0.1, -0.05) is 24.3 Å². The van der Waals surface area contributed by atoms with Crippen molar-refractivity contribution in [3.8, 4) is 34.1 Å². The molecule has 0 radical (unpaired) electrons. The summed E-state index contributed by atoms with van der Waals surface area (Å²) in [6, 6.07) is 5.84. The number of aliphatic hydroxyl groups is 1. The highest BCUT2D eigenvalue weighted by molar-refractivity contribution is 6.02. The van der Waals surface area contributed by atoms with Crippen LogP contribution in [0.4, 0.5) is 0 Å². The third kappa shape index (κ3) is 3.85. The van der Waals surface area contributed by atoms with E-state index in [1.807, 2.05) is 19.9 Å². The zero-order chi connectivity index (χ0) is 24.1. The lowest BCUT2D eigenvalue weighted by atomic mass is 9.91. The van der Waals surface area contributed by atoms with E-state index in [4.69, 9.17) is 13.9 Å². The molecule has 7 nitrogen and oxygen atoms in total. The van der Waals surface area contributed by atoms with E-state index in [9.17, 15) is 20.1 Å². The Morgan fingerprint density at radius 2 is 1.88 bits per heavy atom. The second-order valence-electron chi connectivity index (χ2n) is 8.72. The highest BCUT2D eigenvalue weighted by Crippen LogP contribution is 2.49. The Hall–Kier alpha value is -3.71. The number of hydrogen-bond acceptors (Lipinski definition) is 7. The zero-order valence-corrected chi connectivity index (χ0v) is 18.9. The summed E-state index contributed by atoms with van der Waals surface area (Å²) in [4.78, 5) is 13.0. The van der Waals surface area contributed by atoms with Gasteiger partial charge in [0.25, 0.3) is 0 Å². The van der Waals surface area contributed by atoms with Gasteiger partial charge in [0.05, 0.1) is 18.8 Å². The van der Waals surface area contributed by atoms with Crippen molar-refractivity contribution in [2.45, 2.75) is 38.9 Å². The smallest absolute Gasteiger partial charge is 0.348 e. The number of ether oxygens (including phenoxy) is 2. The average Bonchev–Trinajstić information content (AvgIpc) is 2.74. The molecule has 0 saturated carbocycles. The standard InChI is InChI=1S/C26H26O7/c1-13(2)18(28)12-17-22-16(10-11-26(3,4)33-22)24-20(23(17)31-5)21(29)19(25(30)32-24)14-6-8-15(27)9-7-14/h6-11,18,27-29H,1,12H2,2-5H3/t18-/m1/s1. The number of rotatable bonds is 5. The highest BCUT2D eigenvalue weighted by Gasteiger charge is 2.33. The number of fused-ring (bicyclic) bond motifs is 3. The van der Waals surface area contributed by atoms with Crippen molar-refractivity contribution in [2.24, 2.45) is 0 Å². The molecular formula is C26H26O7. The van der Waals surface area contributed by atoms with Gasteiger partial charge in [-0.3, -0.25) is 0 Å². The van der Waals surface area contributed by atoms with E-state index in [1.165, 1.54) is 31.4 Å². The summed E-state index contributed by atoms with van der Waals surface area (Å²) in [6.07, 6.45) is 2.84. The van der Waals surface area contributed by atoms with Crippen molar-refractivity contribution in [1.29, 1.82) is 0 Å². The lowest BCUT2D eigenvalue weighted by Crippen LogP contribution is -2.29. The summed E-state index contributed by atoms with van der Waals surface area (Å²) in [6.45, 7) is 9.30. The largest absolute Gasteiger partial charge is 0.508 e. The van der Waals surface area contributed by atoms with Crippen molar-refractivity contribution in [3.05, 3.63) is 64.0 Å². The first-order chi connectivity index (χ1) is 15.5. The SMILES string of the molecule is C=C(C)[C@H](O)Cc1c2c(c3oc(=O)c(-c4ccc(O)cc4)c(O)c3c1OC)C=CC(C)(C)O2. The van der Waals surface area contributed by atoms with E-state index >= 15 is 0 Å². The molecule has 0 fully saturated rings. The molecule has 3 N–H and O–H groups in total. The number of phenolic OH excluding ortho intramolecular Hbond substituents is 1. The van der Waals surface area contributed by atoms with Gasteiger partial charge in [-0.2, -0.15) is 0 Å². The zero-order valence-electron chi connectivity index (χ0n) is 18.9. The predicted molar refractivity (Wildman–Crippen MR) is 126 cm³/mol. The Labute approximate surface area is 190 Å². The Bertz CT molecular complexity index is 1340. The molecule has 0 saturated heterocycles. The van der Waals surface area contributed by atoms with Gasteiger partial charge in [-0.25, -0.2) is 4.79 Å². The molecule has 2 heterocycles. The molecule has 1 atom stereocenters. The van der Waals surface area contributed by atoms with E-state index in [-0.39, 0.29) is 40.2 Å². The van der Waals surface area contributed by atoms with Gasteiger partial charge < -0.3 is 29.2 Å². The second-order valence-corrected chi connectivity index (χ2v) is 8.72. The van der Waals surface area contributed by atoms with Crippen LogP contribution in [0.5, 0.6) is 23.0 Å². The van der Waals surface area contributed by atoms with Crippen LogP contribution in [0.25, 0.3) is 28.2 Å². The molecule has 0 unspecified atom stereocenters. The van der Waals surface area contributed by atoms with Crippen molar-refractivity contribution in [1.82, 2.24) is 0 Å². The van der Waals surface area contributed by atoms with Crippen LogP contribution in [0.2, 0.25) is 0 Å². The maximum Gasteiger partial charge on any atom is 0.348 e. The van der Waals surface area contributed by atoms with E-state index in [2.05, 4.69) is 6.58 Å². The molecule has 172 valence electrons. The second kappa shape index (κ2) is 8.01. The molecule has 0 spiro atoms. The summed E-state index contributed by atoms with van der Waals surface area (Å²) in [5.41, 5.74) is 0.584. The van der Waals surface area contributed by atoms with Gasteiger partial charge in [-0.15, -0.1) is 0 Å². The highest BCUT2D eigenvalue weighted by atomic mass is 16.5. The van der Waals surface area contributed by atoms with Crippen LogP contribution >= 0.6 is 0 Å². The summed E-state index contributed by atoms with van der Waals surface area (Å²) in [7, 11) is 1.44. The van der Waals surface area contributed by atoms with Crippen LogP contribution < -0.4 is 15.1 Å². The first-order valence-electron chi connectivity index (χ1n) is 10.5. The lowest BCUT2D eigenvalue weighted by Gasteiger charge is -2.31. The molecule has 0 amide bonds. The molecule has 4 rings (SSSR count). The van der Waals surface area contributed by atoms with Crippen LogP contribution in [0.15, 0.2) is 51.7 Å².